The molecule has 2 nitrogen and oxygen atoms in total. The van der Waals surface area contributed by atoms with Gasteiger partial charge in [0, 0.05) is 23.9 Å². The van der Waals surface area contributed by atoms with E-state index in [1.807, 2.05) is 0 Å². The molecule has 0 aliphatic rings. The Labute approximate surface area is 119 Å². The maximum atomic E-state index is 13.6. The van der Waals surface area contributed by atoms with E-state index in [9.17, 15) is 17.6 Å². The molecule has 1 atom stereocenters. The first-order valence-electron chi connectivity index (χ1n) is 6.17. The predicted molar refractivity (Wildman–Crippen MR) is 71.3 cm³/mol. The van der Waals surface area contributed by atoms with Gasteiger partial charge in [0.2, 0.25) is 0 Å². The number of ether oxygens (including phenoxy) is 1. The minimum absolute atomic E-state index is 0.0649. The second-order valence-corrected chi connectivity index (χ2v) is 4.51. The molecule has 112 valence electrons. The van der Waals surface area contributed by atoms with Crippen molar-refractivity contribution in [3.8, 4) is 5.75 Å². The zero-order valence-electron chi connectivity index (χ0n) is 11.4. The van der Waals surface area contributed by atoms with Crippen LogP contribution in [-0.4, -0.2) is 7.11 Å². The Morgan fingerprint density at radius 2 is 1.57 bits per heavy atom. The summed E-state index contributed by atoms with van der Waals surface area (Å²) in [4.78, 5) is 0. The van der Waals surface area contributed by atoms with Crippen LogP contribution in [0, 0.1) is 23.3 Å². The smallest absolute Gasteiger partial charge is 0.194 e. The fraction of sp³-hybridized carbons (Fsp3) is 0.200. The second kappa shape index (κ2) is 6.03. The molecule has 0 saturated heterocycles. The standard InChI is InChI=1S/C15H13F4NO/c1-8(9-3-4-14(21-2)11(16)5-9)20-10-6-12(17)15(19)13(18)7-10/h3-8,20H,1-2H3. The summed E-state index contributed by atoms with van der Waals surface area (Å²) in [5.41, 5.74) is 0.619. The van der Waals surface area contributed by atoms with Crippen molar-refractivity contribution >= 4 is 5.69 Å². The van der Waals surface area contributed by atoms with Crippen molar-refractivity contribution in [2.24, 2.45) is 0 Å². The molecule has 0 spiro atoms. The van der Waals surface area contributed by atoms with Gasteiger partial charge in [-0.25, -0.2) is 17.6 Å². The van der Waals surface area contributed by atoms with E-state index < -0.39 is 29.3 Å². The lowest BCUT2D eigenvalue weighted by Gasteiger charge is -2.16. The van der Waals surface area contributed by atoms with Crippen molar-refractivity contribution in [1.29, 1.82) is 0 Å². The van der Waals surface area contributed by atoms with Crippen LogP contribution in [0.4, 0.5) is 23.2 Å². The molecule has 0 radical (unpaired) electrons. The molecule has 0 saturated carbocycles. The molecule has 21 heavy (non-hydrogen) atoms. The van der Waals surface area contributed by atoms with E-state index in [1.165, 1.54) is 19.2 Å². The van der Waals surface area contributed by atoms with Crippen molar-refractivity contribution in [2.45, 2.75) is 13.0 Å². The molecule has 0 aliphatic heterocycles. The minimum Gasteiger partial charge on any atom is -0.494 e. The van der Waals surface area contributed by atoms with E-state index in [-0.39, 0.29) is 11.4 Å². The van der Waals surface area contributed by atoms with E-state index in [4.69, 9.17) is 4.74 Å². The average molecular weight is 299 g/mol. The number of hydrogen-bond acceptors (Lipinski definition) is 2. The summed E-state index contributed by atoms with van der Waals surface area (Å²) < 4.78 is 57.5. The SMILES string of the molecule is COc1ccc(C(C)Nc2cc(F)c(F)c(F)c2)cc1F. The minimum atomic E-state index is -1.52. The Bertz CT molecular complexity index is 637. The Balaban J connectivity index is 2.21. The number of rotatable bonds is 4. The fourth-order valence-electron chi connectivity index (χ4n) is 1.92. The van der Waals surface area contributed by atoms with Crippen LogP contribution in [0.2, 0.25) is 0 Å². The number of anilines is 1. The summed E-state index contributed by atoms with van der Waals surface area (Å²) in [7, 11) is 1.35. The average Bonchev–Trinajstić information content (AvgIpc) is 2.44. The summed E-state index contributed by atoms with van der Waals surface area (Å²) in [5, 5.41) is 2.78. The third-order valence-electron chi connectivity index (χ3n) is 3.04. The highest BCUT2D eigenvalue weighted by Crippen LogP contribution is 2.25. The van der Waals surface area contributed by atoms with Crippen LogP contribution in [0.1, 0.15) is 18.5 Å². The number of methoxy groups -OCH3 is 1. The first-order valence-corrected chi connectivity index (χ1v) is 6.17. The summed E-state index contributed by atoms with van der Waals surface area (Å²) in [6.07, 6.45) is 0. The summed E-state index contributed by atoms with van der Waals surface area (Å²) >= 11 is 0. The fourth-order valence-corrected chi connectivity index (χ4v) is 1.92. The maximum Gasteiger partial charge on any atom is 0.194 e. The third-order valence-corrected chi connectivity index (χ3v) is 3.04. The van der Waals surface area contributed by atoms with Crippen LogP contribution in [0.5, 0.6) is 5.75 Å². The molecule has 2 rings (SSSR count). The Morgan fingerprint density at radius 3 is 2.10 bits per heavy atom. The van der Waals surface area contributed by atoms with Crippen LogP contribution in [-0.2, 0) is 0 Å². The van der Waals surface area contributed by atoms with Crippen LogP contribution in [0.25, 0.3) is 0 Å². The number of benzene rings is 2. The third kappa shape index (κ3) is 3.26. The van der Waals surface area contributed by atoms with Gasteiger partial charge in [-0.2, -0.15) is 0 Å². The van der Waals surface area contributed by atoms with E-state index in [1.54, 1.807) is 13.0 Å². The highest BCUT2D eigenvalue weighted by Gasteiger charge is 2.14. The van der Waals surface area contributed by atoms with Crippen LogP contribution in [0.3, 0.4) is 0 Å². The van der Waals surface area contributed by atoms with Gasteiger partial charge in [-0.3, -0.25) is 0 Å². The molecule has 0 fully saturated rings. The second-order valence-electron chi connectivity index (χ2n) is 4.51. The van der Waals surface area contributed by atoms with Crippen LogP contribution >= 0.6 is 0 Å². The first-order chi connectivity index (χ1) is 9.92. The zero-order chi connectivity index (χ0) is 15.6. The summed E-state index contributed by atoms with van der Waals surface area (Å²) in [6.45, 7) is 1.68. The highest BCUT2D eigenvalue weighted by atomic mass is 19.2. The molecule has 1 N–H and O–H groups in total. The lowest BCUT2D eigenvalue weighted by molar-refractivity contribution is 0.386. The topological polar surface area (TPSA) is 21.3 Å². The van der Waals surface area contributed by atoms with Gasteiger partial charge in [0.15, 0.2) is 29.0 Å². The van der Waals surface area contributed by atoms with Gasteiger partial charge in [-0.1, -0.05) is 6.07 Å². The van der Waals surface area contributed by atoms with Gasteiger partial charge in [0.05, 0.1) is 7.11 Å². The zero-order valence-corrected chi connectivity index (χ0v) is 11.4. The highest BCUT2D eigenvalue weighted by molar-refractivity contribution is 5.46. The van der Waals surface area contributed by atoms with E-state index in [0.717, 1.165) is 12.1 Å². The van der Waals surface area contributed by atoms with Crippen LogP contribution in [0.15, 0.2) is 30.3 Å². The molecule has 0 aromatic heterocycles. The quantitative estimate of drug-likeness (QED) is 0.666. The lowest BCUT2D eigenvalue weighted by atomic mass is 10.1. The molecule has 1 unspecified atom stereocenters. The molecule has 0 heterocycles. The molecule has 2 aromatic carbocycles. The van der Waals surface area contributed by atoms with Crippen molar-refractivity contribution in [2.75, 3.05) is 12.4 Å². The van der Waals surface area contributed by atoms with Crippen molar-refractivity contribution < 1.29 is 22.3 Å². The van der Waals surface area contributed by atoms with E-state index >= 15 is 0 Å². The summed E-state index contributed by atoms with van der Waals surface area (Å²) in [5.74, 6) is -4.54. The molecule has 6 heteroatoms. The molecule has 2 aromatic rings. The maximum absolute atomic E-state index is 13.6. The van der Waals surface area contributed by atoms with E-state index in [0.29, 0.717) is 5.56 Å². The Kier molecular flexibility index (Phi) is 4.35. The Morgan fingerprint density at radius 1 is 0.952 bits per heavy atom. The van der Waals surface area contributed by atoms with Crippen molar-refractivity contribution in [3.63, 3.8) is 0 Å². The molecule has 0 aliphatic carbocycles. The van der Waals surface area contributed by atoms with Crippen molar-refractivity contribution in [3.05, 3.63) is 59.2 Å². The van der Waals surface area contributed by atoms with Gasteiger partial charge in [0.25, 0.3) is 0 Å². The molecule has 0 amide bonds. The van der Waals surface area contributed by atoms with Gasteiger partial charge < -0.3 is 10.1 Å². The number of halogens is 4. The van der Waals surface area contributed by atoms with Gasteiger partial charge >= 0.3 is 0 Å². The Hall–Kier alpha value is -2.24. The van der Waals surface area contributed by atoms with Gasteiger partial charge in [-0.15, -0.1) is 0 Å². The van der Waals surface area contributed by atoms with Gasteiger partial charge in [-0.05, 0) is 24.6 Å². The first kappa shape index (κ1) is 15.2. The molecular weight excluding hydrogens is 286 g/mol. The van der Waals surface area contributed by atoms with Crippen molar-refractivity contribution in [1.82, 2.24) is 0 Å². The molecule has 0 bridgehead atoms. The normalized spacial score (nSPS) is 12.1. The van der Waals surface area contributed by atoms with E-state index in [2.05, 4.69) is 5.32 Å². The largest absolute Gasteiger partial charge is 0.494 e. The summed E-state index contributed by atoms with van der Waals surface area (Å²) in [6, 6.07) is 5.58. The lowest BCUT2D eigenvalue weighted by Crippen LogP contribution is -2.08. The van der Waals surface area contributed by atoms with Crippen LogP contribution < -0.4 is 10.1 Å². The number of nitrogens with one attached hydrogen (secondary N) is 1. The monoisotopic (exact) mass is 299 g/mol. The number of hydrogen-bond donors (Lipinski definition) is 1. The molecular formula is C15H13F4NO. The predicted octanol–water partition coefficient (Wildman–Crippen LogP) is 4.42. The van der Waals surface area contributed by atoms with Gasteiger partial charge in [0.1, 0.15) is 0 Å².